The average Bonchev–Trinajstić information content (AvgIpc) is 2.48. The van der Waals surface area contributed by atoms with Gasteiger partial charge in [0.2, 0.25) is 0 Å². The van der Waals surface area contributed by atoms with Crippen molar-refractivity contribution in [1.29, 1.82) is 0 Å². The Bertz CT molecular complexity index is 827. The number of aryl methyl sites for hydroxylation is 2. The minimum atomic E-state index is -1.11. The molecule has 0 saturated heterocycles. The van der Waals surface area contributed by atoms with E-state index in [-0.39, 0.29) is 16.3 Å². The molecule has 2 aromatic carbocycles. The SMILES string of the molecule is Cc1ccc(/C(=C/c2ccc(Cl)c([N+](=O)[O-])c2)C(=O)O)cc1C. The molecule has 5 nitrogen and oxygen atoms in total. The van der Waals surface area contributed by atoms with Crippen LogP contribution in [0.4, 0.5) is 5.69 Å². The number of carboxylic acid groups (broad SMARTS) is 1. The monoisotopic (exact) mass is 331 g/mol. The zero-order valence-electron chi connectivity index (χ0n) is 12.5. The largest absolute Gasteiger partial charge is 0.478 e. The molecule has 1 N–H and O–H groups in total. The Labute approximate surface area is 138 Å². The highest BCUT2D eigenvalue weighted by atomic mass is 35.5. The average molecular weight is 332 g/mol. The van der Waals surface area contributed by atoms with Gasteiger partial charge in [0.05, 0.1) is 10.5 Å². The highest BCUT2D eigenvalue weighted by Gasteiger charge is 2.15. The van der Waals surface area contributed by atoms with E-state index in [1.807, 2.05) is 19.9 Å². The highest BCUT2D eigenvalue weighted by molar-refractivity contribution is 6.32. The number of hydrogen-bond donors (Lipinski definition) is 1. The van der Waals surface area contributed by atoms with Crippen molar-refractivity contribution in [3.8, 4) is 0 Å². The lowest BCUT2D eigenvalue weighted by Gasteiger charge is -2.07. The lowest BCUT2D eigenvalue weighted by atomic mass is 9.98. The van der Waals surface area contributed by atoms with Gasteiger partial charge in [-0.15, -0.1) is 0 Å². The third kappa shape index (κ3) is 3.76. The van der Waals surface area contributed by atoms with Crippen LogP contribution in [0, 0.1) is 24.0 Å². The molecule has 0 fully saturated rings. The summed E-state index contributed by atoms with van der Waals surface area (Å²) in [5.74, 6) is -1.11. The van der Waals surface area contributed by atoms with Crippen LogP contribution in [0.25, 0.3) is 11.6 Å². The number of rotatable bonds is 4. The van der Waals surface area contributed by atoms with Crippen molar-refractivity contribution in [3.05, 3.63) is 73.8 Å². The fourth-order valence-corrected chi connectivity index (χ4v) is 2.29. The van der Waals surface area contributed by atoms with Crippen molar-refractivity contribution < 1.29 is 14.8 Å². The van der Waals surface area contributed by atoms with E-state index in [0.29, 0.717) is 11.1 Å². The van der Waals surface area contributed by atoms with Crippen LogP contribution in [-0.4, -0.2) is 16.0 Å². The van der Waals surface area contributed by atoms with E-state index in [1.165, 1.54) is 18.2 Å². The second-order valence-electron chi connectivity index (χ2n) is 5.13. The van der Waals surface area contributed by atoms with Gasteiger partial charge < -0.3 is 5.11 Å². The van der Waals surface area contributed by atoms with Crippen molar-refractivity contribution >= 4 is 34.9 Å². The Hall–Kier alpha value is -2.66. The van der Waals surface area contributed by atoms with Gasteiger partial charge in [-0.05, 0) is 48.2 Å². The summed E-state index contributed by atoms with van der Waals surface area (Å²) in [6.07, 6.45) is 1.40. The van der Waals surface area contributed by atoms with Crippen LogP contribution in [0.2, 0.25) is 5.02 Å². The molecule has 0 saturated carbocycles. The van der Waals surface area contributed by atoms with Gasteiger partial charge >= 0.3 is 5.97 Å². The molecule has 0 amide bonds. The van der Waals surface area contributed by atoms with Crippen LogP contribution in [0.15, 0.2) is 36.4 Å². The predicted octanol–water partition coefficient (Wildman–Crippen LogP) is 4.49. The number of halogens is 1. The first kappa shape index (κ1) is 16.7. The third-order valence-corrected chi connectivity index (χ3v) is 3.85. The topological polar surface area (TPSA) is 80.4 Å². The number of carboxylic acids is 1. The minimum Gasteiger partial charge on any atom is -0.478 e. The van der Waals surface area contributed by atoms with E-state index >= 15 is 0 Å². The number of nitro groups is 1. The summed E-state index contributed by atoms with van der Waals surface area (Å²) in [4.78, 5) is 21.9. The van der Waals surface area contributed by atoms with Gasteiger partial charge in [0.15, 0.2) is 0 Å². The predicted molar refractivity (Wildman–Crippen MR) is 89.5 cm³/mol. The molecule has 23 heavy (non-hydrogen) atoms. The fourth-order valence-electron chi connectivity index (χ4n) is 2.10. The molecule has 0 unspecified atom stereocenters. The first-order chi connectivity index (χ1) is 10.8. The van der Waals surface area contributed by atoms with Gasteiger partial charge in [-0.3, -0.25) is 10.1 Å². The van der Waals surface area contributed by atoms with Gasteiger partial charge in [0.25, 0.3) is 5.69 Å². The molecule has 0 bridgehead atoms. The van der Waals surface area contributed by atoms with Crippen LogP contribution < -0.4 is 0 Å². The Balaban J connectivity index is 2.55. The minimum absolute atomic E-state index is 0.00945. The number of nitro benzene ring substituents is 1. The van der Waals surface area contributed by atoms with Crippen LogP contribution >= 0.6 is 11.6 Å². The van der Waals surface area contributed by atoms with E-state index < -0.39 is 10.9 Å². The summed E-state index contributed by atoms with van der Waals surface area (Å²) in [5.41, 5.74) is 2.77. The molecule has 6 heteroatoms. The number of hydrogen-bond acceptors (Lipinski definition) is 3. The van der Waals surface area contributed by atoms with Gasteiger partial charge in [-0.25, -0.2) is 4.79 Å². The number of nitrogens with zero attached hydrogens (tertiary/aromatic N) is 1. The molecule has 0 aromatic heterocycles. The molecule has 0 aliphatic carbocycles. The van der Waals surface area contributed by atoms with Crippen LogP contribution in [-0.2, 0) is 4.79 Å². The summed E-state index contributed by atoms with van der Waals surface area (Å²) in [6.45, 7) is 3.83. The second-order valence-corrected chi connectivity index (χ2v) is 5.54. The fraction of sp³-hybridized carbons (Fsp3) is 0.118. The highest BCUT2D eigenvalue weighted by Crippen LogP contribution is 2.28. The van der Waals surface area contributed by atoms with Crippen LogP contribution in [0.5, 0.6) is 0 Å². The third-order valence-electron chi connectivity index (χ3n) is 3.53. The molecule has 0 atom stereocenters. The summed E-state index contributed by atoms with van der Waals surface area (Å²) < 4.78 is 0. The van der Waals surface area contributed by atoms with E-state index in [0.717, 1.165) is 11.1 Å². The maximum atomic E-state index is 11.6. The van der Waals surface area contributed by atoms with Crippen molar-refractivity contribution in [2.45, 2.75) is 13.8 Å². The van der Waals surface area contributed by atoms with E-state index in [2.05, 4.69) is 0 Å². The van der Waals surface area contributed by atoms with Crippen molar-refractivity contribution in [1.82, 2.24) is 0 Å². The smallest absolute Gasteiger partial charge is 0.336 e. The molecule has 0 spiro atoms. The zero-order valence-corrected chi connectivity index (χ0v) is 13.3. The van der Waals surface area contributed by atoms with Gasteiger partial charge in [-0.2, -0.15) is 0 Å². The molecule has 0 aliphatic heterocycles. The summed E-state index contributed by atoms with van der Waals surface area (Å²) in [5, 5.41) is 20.4. The molecule has 118 valence electrons. The van der Waals surface area contributed by atoms with Gasteiger partial charge in [0.1, 0.15) is 5.02 Å². The van der Waals surface area contributed by atoms with Crippen LogP contribution in [0.1, 0.15) is 22.3 Å². The summed E-state index contributed by atoms with van der Waals surface area (Å²) in [6, 6.07) is 9.51. The maximum absolute atomic E-state index is 11.6. The Kier molecular flexibility index (Phi) is 4.81. The van der Waals surface area contributed by atoms with Crippen molar-refractivity contribution in [2.75, 3.05) is 0 Å². The lowest BCUT2D eigenvalue weighted by Crippen LogP contribution is -2.00. The zero-order chi connectivity index (χ0) is 17.1. The Morgan fingerprint density at radius 2 is 1.87 bits per heavy atom. The quantitative estimate of drug-likeness (QED) is 0.387. The normalized spacial score (nSPS) is 11.3. The molecular weight excluding hydrogens is 318 g/mol. The van der Waals surface area contributed by atoms with E-state index in [1.54, 1.807) is 18.2 Å². The molecular formula is C17H14ClNO4. The second kappa shape index (κ2) is 6.62. The van der Waals surface area contributed by atoms with E-state index in [4.69, 9.17) is 11.6 Å². The van der Waals surface area contributed by atoms with Crippen molar-refractivity contribution in [2.24, 2.45) is 0 Å². The number of carbonyl (C=O) groups is 1. The first-order valence-corrected chi connectivity index (χ1v) is 7.14. The molecule has 0 radical (unpaired) electrons. The standard InChI is InChI=1S/C17H14ClNO4/c1-10-3-5-13(7-11(10)2)14(17(20)21)8-12-4-6-15(18)16(9-12)19(22)23/h3-9H,1-2H3,(H,20,21)/b14-8-. The Morgan fingerprint density at radius 1 is 1.17 bits per heavy atom. The maximum Gasteiger partial charge on any atom is 0.336 e. The first-order valence-electron chi connectivity index (χ1n) is 6.76. The summed E-state index contributed by atoms with van der Waals surface area (Å²) in [7, 11) is 0. The molecule has 0 aliphatic rings. The Morgan fingerprint density at radius 3 is 2.43 bits per heavy atom. The summed E-state index contributed by atoms with van der Waals surface area (Å²) >= 11 is 5.77. The van der Waals surface area contributed by atoms with Crippen molar-refractivity contribution in [3.63, 3.8) is 0 Å². The molecule has 0 heterocycles. The van der Waals surface area contributed by atoms with E-state index in [9.17, 15) is 20.0 Å². The number of benzene rings is 2. The van der Waals surface area contributed by atoms with Gasteiger partial charge in [-0.1, -0.05) is 35.9 Å². The van der Waals surface area contributed by atoms with Gasteiger partial charge in [0, 0.05) is 6.07 Å². The molecule has 2 aromatic rings. The number of aliphatic carboxylic acids is 1. The lowest BCUT2D eigenvalue weighted by molar-refractivity contribution is -0.384. The van der Waals surface area contributed by atoms with Crippen LogP contribution in [0.3, 0.4) is 0 Å². The molecule has 2 rings (SSSR count).